The number of hydrogen-bond donors (Lipinski definition) is 1. The number of hydrogen-bond acceptors (Lipinski definition) is 5. The molecule has 0 aliphatic carbocycles. The van der Waals surface area contributed by atoms with Gasteiger partial charge >= 0.3 is 0 Å². The Kier molecular flexibility index (Phi) is 6.56. The van der Waals surface area contributed by atoms with Crippen LogP contribution in [-0.4, -0.2) is 53.0 Å². The summed E-state index contributed by atoms with van der Waals surface area (Å²) >= 11 is 6.10. The highest BCUT2D eigenvalue weighted by Crippen LogP contribution is 2.38. The number of primary amides is 1. The molecule has 33 heavy (non-hydrogen) atoms. The molecule has 2 bridgehead atoms. The number of benzene rings is 1. The molecule has 3 atom stereocenters. The molecule has 0 spiro atoms. The van der Waals surface area contributed by atoms with Gasteiger partial charge in [-0.25, -0.2) is 8.42 Å². The number of aromatic nitrogens is 1. The van der Waals surface area contributed by atoms with E-state index in [-0.39, 0.29) is 33.9 Å². The largest absolute Gasteiger partial charge is 0.366 e. The number of piperidine rings is 1. The van der Waals surface area contributed by atoms with Gasteiger partial charge in [0.25, 0.3) is 0 Å². The van der Waals surface area contributed by atoms with E-state index in [1.165, 1.54) is 22.5 Å². The third kappa shape index (κ3) is 4.53. The van der Waals surface area contributed by atoms with Crippen LogP contribution < -0.4 is 5.73 Å². The molecular formula is C23H25ClN4O4S. The Hall–Kier alpha value is -2.75. The molecular weight excluding hydrogens is 464 g/mol. The Morgan fingerprint density at radius 3 is 2.73 bits per heavy atom. The Labute approximate surface area is 198 Å². The van der Waals surface area contributed by atoms with Crippen molar-refractivity contribution in [3.63, 3.8) is 0 Å². The Balaban J connectivity index is 1.77. The van der Waals surface area contributed by atoms with E-state index in [4.69, 9.17) is 17.3 Å². The van der Waals surface area contributed by atoms with Gasteiger partial charge in [-0.2, -0.15) is 4.31 Å². The second-order valence-electron chi connectivity index (χ2n) is 8.33. The van der Waals surface area contributed by atoms with Crippen molar-refractivity contribution in [1.82, 2.24) is 14.2 Å². The topological polar surface area (TPSA) is 114 Å². The van der Waals surface area contributed by atoms with Crippen molar-refractivity contribution < 1.29 is 18.0 Å². The van der Waals surface area contributed by atoms with Crippen LogP contribution in [-0.2, 0) is 21.4 Å². The zero-order chi connectivity index (χ0) is 23.8. The number of carbonyl (C=O) groups excluding carboxylic acids is 2. The van der Waals surface area contributed by atoms with E-state index in [0.29, 0.717) is 19.4 Å². The molecule has 2 aliphatic rings. The normalized spacial score (nSPS) is 23.7. The van der Waals surface area contributed by atoms with Crippen molar-refractivity contribution in [2.75, 3.05) is 6.54 Å². The average Bonchev–Trinajstić information content (AvgIpc) is 2.86. The van der Waals surface area contributed by atoms with Crippen molar-refractivity contribution in [2.24, 2.45) is 11.7 Å². The molecule has 0 radical (unpaired) electrons. The van der Waals surface area contributed by atoms with Gasteiger partial charge in [0, 0.05) is 35.3 Å². The number of rotatable bonds is 6. The molecule has 1 aromatic heterocycles. The van der Waals surface area contributed by atoms with E-state index in [2.05, 4.69) is 11.6 Å². The first kappa shape index (κ1) is 23.4. The van der Waals surface area contributed by atoms with Gasteiger partial charge in [-0.3, -0.25) is 14.6 Å². The molecule has 3 heterocycles. The van der Waals surface area contributed by atoms with Crippen LogP contribution in [0, 0.1) is 5.92 Å². The average molecular weight is 489 g/mol. The highest BCUT2D eigenvalue weighted by molar-refractivity contribution is 7.89. The van der Waals surface area contributed by atoms with E-state index in [0.717, 1.165) is 12.1 Å². The first-order valence-electron chi connectivity index (χ1n) is 10.7. The lowest BCUT2D eigenvalue weighted by molar-refractivity contribution is -0.135. The van der Waals surface area contributed by atoms with Crippen LogP contribution >= 0.6 is 11.6 Å². The predicted molar refractivity (Wildman–Crippen MR) is 124 cm³/mol. The maximum Gasteiger partial charge on any atom is 0.248 e. The molecule has 2 aliphatic heterocycles. The molecule has 174 valence electrons. The van der Waals surface area contributed by atoms with E-state index in [1.807, 2.05) is 12.1 Å². The molecule has 2 aromatic rings. The maximum atomic E-state index is 13.9. The second kappa shape index (κ2) is 9.24. The van der Waals surface area contributed by atoms with Crippen LogP contribution in [0.15, 0.2) is 60.1 Å². The second-order valence-corrected chi connectivity index (χ2v) is 10.6. The van der Waals surface area contributed by atoms with Gasteiger partial charge < -0.3 is 10.6 Å². The standard InChI is InChI=1S/C23H25ClN4O4S/c1-2-15-13-27(14-18-6-3-4-9-26-18)23(30)21-8-5-7-20(15)28(21)33(31,32)19-11-16(22(25)29)10-17(24)12-19/h2-4,6,9-12,15,20-21H,1,5,7-8,13-14H2,(H2,25,29)/t15-,20-,21+/m1/s1. The highest BCUT2D eigenvalue weighted by atomic mass is 35.5. The number of pyridine rings is 1. The van der Waals surface area contributed by atoms with Gasteiger partial charge in [-0.15, -0.1) is 6.58 Å². The number of sulfonamides is 1. The van der Waals surface area contributed by atoms with Crippen molar-refractivity contribution >= 4 is 33.4 Å². The number of nitrogens with zero attached hydrogens (tertiary/aromatic N) is 3. The summed E-state index contributed by atoms with van der Waals surface area (Å²) in [7, 11) is -4.17. The number of nitrogens with two attached hydrogens (primary N) is 1. The summed E-state index contributed by atoms with van der Waals surface area (Å²) < 4.78 is 29.0. The summed E-state index contributed by atoms with van der Waals surface area (Å²) in [6.07, 6.45) is 5.09. The molecule has 8 nitrogen and oxygen atoms in total. The Morgan fingerprint density at radius 2 is 2.06 bits per heavy atom. The van der Waals surface area contributed by atoms with Gasteiger partial charge in [0.05, 0.1) is 17.1 Å². The van der Waals surface area contributed by atoms with Gasteiger partial charge in [0.15, 0.2) is 0 Å². The fraction of sp³-hybridized carbons (Fsp3) is 0.348. The summed E-state index contributed by atoms with van der Waals surface area (Å²) in [6, 6.07) is 7.98. The van der Waals surface area contributed by atoms with Crippen molar-refractivity contribution in [3.8, 4) is 0 Å². The van der Waals surface area contributed by atoms with Crippen LogP contribution in [0.25, 0.3) is 0 Å². The lowest BCUT2D eigenvalue weighted by atomic mass is 9.90. The van der Waals surface area contributed by atoms with Crippen molar-refractivity contribution in [1.29, 1.82) is 0 Å². The summed E-state index contributed by atoms with van der Waals surface area (Å²) in [5.41, 5.74) is 6.07. The van der Waals surface area contributed by atoms with E-state index in [9.17, 15) is 18.0 Å². The molecule has 10 heteroatoms. The van der Waals surface area contributed by atoms with E-state index >= 15 is 0 Å². The van der Waals surface area contributed by atoms with Crippen LogP contribution in [0.3, 0.4) is 0 Å². The monoisotopic (exact) mass is 488 g/mol. The quantitative estimate of drug-likeness (QED) is 0.628. The Morgan fingerprint density at radius 1 is 1.27 bits per heavy atom. The Bertz CT molecular complexity index is 1190. The molecule has 2 N–H and O–H groups in total. The smallest absolute Gasteiger partial charge is 0.248 e. The van der Waals surface area contributed by atoms with Crippen LogP contribution in [0.4, 0.5) is 0 Å². The fourth-order valence-electron chi connectivity index (χ4n) is 4.70. The fourth-order valence-corrected chi connectivity index (χ4v) is 6.94. The van der Waals surface area contributed by atoms with Gasteiger partial charge in [-0.1, -0.05) is 23.7 Å². The summed E-state index contributed by atoms with van der Waals surface area (Å²) in [5.74, 6) is -1.32. The minimum atomic E-state index is -4.17. The first-order valence-corrected chi connectivity index (χ1v) is 12.5. The minimum absolute atomic E-state index is 0.00979. The number of carbonyl (C=O) groups is 2. The first-order chi connectivity index (χ1) is 15.7. The lowest BCUT2D eigenvalue weighted by Crippen LogP contribution is -2.54. The molecule has 0 saturated carbocycles. The van der Waals surface area contributed by atoms with Gasteiger partial charge in [-0.05, 0) is 49.6 Å². The zero-order valence-electron chi connectivity index (χ0n) is 17.9. The summed E-state index contributed by atoms with van der Waals surface area (Å²) in [4.78, 5) is 31.1. The van der Waals surface area contributed by atoms with Crippen molar-refractivity contribution in [3.05, 3.63) is 71.5 Å². The van der Waals surface area contributed by atoms with E-state index in [1.54, 1.807) is 23.2 Å². The molecule has 2 saturated heterocycles. The predicted octanol–water partition coefficient (Wildman–Crippen LogP) is 2.59. The van der Waals surface area contributed by atoms with Crippen molar-refractivity contribution in [2.45, 2.75) is 42.8 Å². The van der Waals surface area contributed by atoms with Gasteiger partial charge in [0.2, 0.25) is 21.8 Å². The third-order valence-electron chi connectivity index (χ3n) is 6.25. The maximum absolute atomic E-state index is 13.9. The molecule has 4 rings (SSSR count). The lowest BCUT2D eigenvalue weighted by Gasteiger charge is -2.40. The number of fused-ring (bicyclic) bond motifs is 2. The summed E-state index contributed by atoms with van der Waals surface area (Å²) in [5, 5.41) is 0.0771. The molecule has 2 amide bonds. The van der Waals surface area contributed by atoms with Crippen LogP contribution in [0.5, 0.6) is 0 Å². The number of amides is 2. The highest BCUT2D eigenvalue weighted by Gasteiger charge is 2.49. The third-order valence-corrected chi connectivity index (χ3v) is 8.38. The molecule has 2 fully saturated rings. The minimum Gasteiger partial charge on any atom is -0.366 e. The number of halogens is 1. The molecule has 1 aromatic carbocycles. The van der Waals surface area contributed by atoms with Crippen LogP contribution in [0.2, 0.25) is 5.02 Å². The van der Waals surface area contributed by atoms with Crippen LogP contribution in [0.1, 0.15) is 35.3 Å². The zero-order valence-corrected chi connectivity index (χ0v) is 19.5. The SMILES string of the molecule is C=C[C@@H]1CN(Cc2ccccn2)C(=O)[C@@H]2CCC[C@H]1N2S(=O)(=O)c1cc(Cl)cc(C(N)=O)c1. The molecule has 0 unspecified atom stereocenters. The van der Waals surface area contributed by atoms with E-state index < -0.39 is 28.0 Å². The summed E-state index contributed by atoms with van der Waals surface area (Å²) in [6.45, 7) is 4.55. The van der Waals surface area contributed by atoms with Gasteiger partial charge in [0.1, 0.15) is 6.04 Å².